The topological polar surface area (TPSA) is 68.9 Å². The molecular formula is C16H13N3OS. The largest absolute Gasteiger partial charge is 0.399 e. The molecule has 0 spiro atoms. The van der Waals surface area contributed by atoms with Gasteiger partial charge in [-0.25, -0.2) is 4.98 Å². The van der Waals surface area contributed by atoms with E-state index in [1.54, 1.807) is 36.7 Å². The van der Waals surface area contributed by atoms with Gasteiger partial charge in [-0.3, -0.25) is 9.78 Å². The van der Waals surface area contributed by atoms with Crippen LogP contribution >= 0.6 is 11.3 Å². The Morgan fingerprint density at radius 1 is 1.10 bits per heavy atom. The Balaban J connectivity index is 1.75. The first-order chi connectivity index (χ1) is 10.2. The number of hydrogen-bond donors (Lipinski definition) is 1. The van der Waals surface area contributed by atoms with Crippen molar-refractivity contribution < 1.29 is 4.79 Å². The van der Waals surface area contributed by atoms with Gasteiger partial charge in [-0.1, -0.05) is 0 Å². The van der Waals surface area contributed by atoms with E-state index in [1.165, 1.54) is 11.3 Å². The minimum absolute atomic E-state index is 0.0469. The summed E-state index contributed by atoms with van der Waals surface area (Å²) in [5.74, 6) is 0.0469. The van der Waals surface area contributed by atoms with Gasteiger partial charge >= 0.3 is 0 Å². The Morgan fingerprint density at radius 2 is 1.81 bits per heavy atom. The number of nitrogens with zero attached hydrogens (tertiary/aromatic N) is 2. The fourth-order valence-corrected chi connectivity index (χ4v) is 2.76. The Bertz CT molecular complexity index is 751. The van der Waals surface area contributed by atoms with Crippen molar-refractivity contribution in [2.45, 2.75) is 6.42 Å². The molecule has 0 atom stereocenters. The third-order valence-corrected chi connectivity index (χ3v) is 3.92. The molecule has 5 heteroatoms. The number of anilines is 1. The van der Waals surface area contributed by atoms with Gasteiger partial charge in [0, 0.05) is 34.6 Å². The van der Waals surface area contributed by atoms with Crippen LogP contribution in [0.25, 0.3) is 11.3 Å². The number of Topliss-reactive ketones (excluding diaryl/α,β-unsaturated/α-hetero) is 1. The Hall–Kier alpha value is -2.53. The van der Waals surface area contributed by atoms with E-state index in [-0.39, 0.29) is 5.78 Å². The number of rotatable bonds is 4. The number of pyridine rings is 1. The van der Waals surface area contributed by atoms with Gasteiger partial charge in [0.1, 0.15) is 5.01 Å². The smallest absolute Gasteiger partial charge is 0.169 e. The highest BCUT2D eigenvalue weighted by atomic mass is 32.1. The summed E-state index contributed by atoms with van der Waals surface area (Å²) in [6, 6.07) is 10.8. The lowest BCUT2D eigenvalue weighted by atomic mass is 10.1. The van der Waals surface area contributed by atoms with E-state index in [0.29, 0.717) is 17.7 Å². The van der Waals surface area contributed by atoms with Crippen molar-refractivity contribution in [3.63, 3.8) is 0 Å². The lowest BCUT2D eigenvalue weighted by Crippen LogP contribution is -2.03. The monoisotopic (exact) mass is 295 g/mol. The summed E-state index contributed by atoms with van der Waals surface area (Å²) in [6.07, 6.45) is 3.77. The second-order valence-electron chi connectivity index (χ2n) is 4.58. The van der Waals surface area contributed by atoms with Gasteiger partial charge in [0.2, 0.25) is 0 Å². The molecule has 0 bridgehead atoms. The number of benzene rings is 1. The number of aromatic nitrogens is 2. The third kappa shape index (κ3) is 3.14. The van der Waals surface area contributed by atoms with E-state index in [9.17, 15) is 4.79 Å². The fourth-order valence-electron chi connectivity index (χ4n) is 1.96. The number of nitrogen functional groups attached to an aromatic ring is 1. The summed E-state index contributed by atoms with van der Waals surface area (Å²) in [4.78, 5) is 20.7. The summed E-state index contributed by atoms with van der Waals surface area (Å²) >= 11 is 1.49. The molecule has 2 N–H and O–H groups in total. The van der Waals surface area contributed by atoms with E-state index in [0.717, 1.165) is 16.3 Å². The van der Waals surface area contributed by atoms with Crippen molar-refractivity contribution in [3.05, 3.63) is 64.7 Å². The minimum Gasteiger partial charge on any atom is -0.399 e. The second-order valence-corrected chi connectivity index (χ2v) is 5.53. The van der Waals surface area contributed by atoms with Gasteiger partial charge in [0.25, 0.3) is 0 Å². The summed E-state index contributed by atoms with van der Waals surface area (Å²) in [5, 5.41) is 2.77. The molecule has 21 heavy (non-hydrogen) atoms. The zero-order valence-corrected chi connectivity index (χ0v) is 12.0. The van der Waals surface area contributed by atoms with Crippen molar-refractivity contribution >= 4 is 22.8 Å². The van der Waals surface area contributed by atoms with E-state index in [1.807, 2.05) is 17.5 Å². The predicted molar refractivity (Wildman–Crippen MR) is 84.2 cm³/mol. The number of carbonyl (C=O) groups excluding carboxylic acids is 1. The molecule has 104 valence electrons. The molecule has 0 saturated carbocycles. The first-order valence-electron chi connectivity index (χ1n) is 6.46. The van der Waals surface area contributed by atoms with Crippen molar-refractivity contribution in [2.75, 3.05) is 5.73 Å². The van der Waals surface area contributed by atoms with Gasteiger partial charge in [0.15, 0.2) is 5.78 Å². The number of ketones is 1. The first kappa shape index (κ1) is 13.5. The Morgan fingerprint density at radius 3 is 2.52 bits per heavy atom. The van der Waals surface area contributed by atoms with Crippen LogP contribution in [0.1, 0.15) is 15.4 Å². The molecule has 1 aromatic carbocycles. The SMILES string of the molecule is Nc1ccc(C(=O)Cc2nc(-c3ccncc3)cs2)cc1. The van der Waals surface area contributed by atoms with Gasteiger partial charge in [-0.05, 0) is 36.4 Å². The predicted octanol–water partition coefficient (Wildman–Crippen LogP) is 3.21. The zero-order chi connectivity index (χ0) is 14.7. The molecule has 0 amide bonds. The minimum atomic E-state index is 0.0469. The molecule has 2 heterocycles. The quantitative estimate of drug-likeness (QED) is 0.592. The number of carbonyl (C=O) groups is 1. The van der Waals surface area contributed by atoms with Crippen LogP contribution in [-0.4, -0.2) is 15.8 Å². The van der Waals surface area contributed by atoms with Crippen molar-refractivity contribution in [1.29, 1.82) is 0 Å². The van der Waals surface area contributed by atoms with Crippen molar-refractivity contribution in [3.8, 4) is 11.3 Å². The number of thiazole rings is 1. The number of hydrogen-bond acceptors (Lipinski definition) is 5. The molecule has 3 rings (SSSR count). The van der Waals surface area contributed by atoms with Gasteiger partial charge in [0.05, 0.1) is 12.1 Å². The summed E-state index contributed by atoms with van der Waals surface area (Å²) in [6.45, 7) is 0. The summed E-state index contributed by atoms with van der Waals surface area (Å²) in [5.41, 5.74) is 8.82. The van der Waals surface area contributed by atoms with Crippen molar-refractivity contribution in [1.82, 2.24) is 9.97 Å². The fraction of sp³-hybridized carbons (Fsp3) is 0.0625. The lowest BCUT2D eigenvalue weighted by molar-refractivity contribution is 0.0993. The molecule has 2 aromatic heterocycles. The average molecular weight is 295 g/mol. The van der Waals surface area contributed by atoms with Crippen molar-refractivity contribution in [2.24, 2.45) is 0 Å². The van der Waals surface area contributed by atoms with E-state index >= 15 is 0 Å². The molecule has 0 aliphatic rings. The number of nitrogens with two attached hydrogens (primary N) is 1. The Kier molecular flexibility index (Phi) is 3.75. The molecule has 0 radical (unpaired) electrons. The van der Waals surface area contributed by atoms with Crippen LogP contribution in [0.4, 0.5) is 5.69 Å². The maximum absolute atomic E-state index is 12.2. The molecule has 0 aliphatic carbocycles. The zero-order valence-electron chi connectivity index (χ0n) is 11.2. The van der Waals surface area contributed by atoms with Gasteiger partial charge in [-0.15, -0.1) is 11.3 Å². The maximum Gasteiger partial charge on any atom is 0.169 e. The van der Waals surface area contributed by atoms with Crippen LogP contribution in [0, 0.1) is 0 Å². The standard InChI is InChI=1S/C16H13N3OS/c17-13-3-1-12(2-4-13)15(20)9-16-19-14(10-21-16)11-5-7-18-8-6-11/h1-8,10H,9,17H2. The third-order valence-electron chi connectivity index (χ3n) is 3.07. The highest BCUT2D eigenvalue weighted by Gasteiger charge is 2.11. The van der Waals surface area contributed by atoms with Crippen LogP contribution < -0.4 is 5.73 Å². The molecular weight excluding hydrogens is 282 g/mol. The van der Waals surface area contributed by atoms with E-state index < -0.39 is 0 Å². The molecule has 0 fully saturated rings. The maximum atomic E-state index is 12.2. The highest BCUT2D eigenvalue weighted by molar-refractivity contribution is 7.10. The summed E-state index contributed by atoms with van der Waals surface area (Å²) in [7, 11) is 0. The van der Waals surface area contributed by atoms with Crippen LogP contribution in [0.5, 0.6) is 0 Å². The Labute approximate surface area is 126 Å². The first-order valence-corrected chi connectivity index (χ1v) is 7.34. The normalized spacial score (nSPS) is 10.5. The second kappa shape index (κ2) is 5.85. The molecule has 3 aromatic rings. The van der Waals surface area contributed by atoms with E-state index in [2.05, 4.69) is 9.97 Å². The lowest BCUT2D eigenvalue weighted by Gasteiger charge is -1.99. The van der Waals surface area contributed by atoms with Crippen LogP contribution in [0.3, 0.4) is 0 Å². The highest BCUT2D eigenvalue weighted by Crippen LogP contribution is 2.22. The molecule has 0 unspecified atom stereocenters. The van der Waals surface area contributed by atoms with Crippen LogP contribution in [0.15, 0.2) is 54.2 Å². The van der Waals surface area contributed by atoms with Crippen LogP contribution in [-0.2, 0) is 6.42 Å². The van der Waals surface area contributed by atoms with Gasteiger partial charge in [-0.2, -0.15) is 0 Å². The molecule has 4 nitrogen and oxygen atoms in total. The molecule has 0 saturated heterocycles. The summed E-state index contributed by atoms with van der Waals surface area (Å²) < 4.78 is 0. The molecule has 0 aliphatic heterocycles. The van der Waals surface area contributed by atoms with E-state index in [4.69, 9.17) is 5.73 Å². The van der Waals surface area contributed by atoms with Gasteiger partial charge < -0.3 is 5.73 Å². The average Bonchev–Trinajstić information content (AvgIpc) is 2.97. The van der Waals surface area contributed by atoms with Crippen LogP contribution in [0.2, 0.25) is 0 Å².